The van der Waals surface area contributed by atoms with Gasteiger partial charge in [-0.3, -0.25) is 4.98 Å². The highest BCUT2D eigenvalue weighted by Gasteiger charge is 2.12. The molecule has 3 nitrogen and oxygen atoms in total. The van der Waals surface area contributed by atoms with Crippen LogP contribution in [0.15, 0.2) is 18.5 Å². The predicted octanol–water partition coefficient (Wildman–Crippen LogP) is 1.37. The van der Waals surface area contributed by atoms with Crippen LogP contribution in [0.2, 0.25) is 0 Å². The fourth-order valence-electron chi connectivity index (χ4n) is 1.16. The van der Waals surface area contributed by atoms with Gasteiger partial charge >= 0.3 is 0 Å². The van der Waals surface area contributed by atoms with Crippen LogP contribution >= 0.6 is 0 Å². The summed E-state index contributed by atoms with van der Waals surface area (Å²) < 4.78 is 5.35. The SMILES string of the molecule is C[C@@H]1Nc2ccncc2CO1. The Morgan fingerprint density at radius 2 is 2.64 bits per heavy atom. The van der Waals surface area contributed by atoms with E-state index in [0.717, 1.165) is 11.3 Å². The second-order valence-corrected chi connectivity index (χ2v) is 2.63. The van der Waals surface area contributed by atoms with Gasteiger partial charge in [0.05, 0.1) is 6.61 Å². The Morgan fingerprint density at radius 3 is 3.55 bits per heavy atom. The molecule has 1 atom stereocenters. The number of nitrogens with zero attached hydrogens (tertiary/aromatic N) is 1. The standard InChI is InChI=1S/C8H10N2O/c1-6-10-8-2-3-9-4-7(8)5-11-6/h2-4,6,10H,5H2,1H3/t6-/m1/s1. The van der Waals surface area contributed by atoms with Crippen LogP contribution in [0.5, 0.6) is 0 Å². The van der Waals surface area contributed by atoms with Gasteiger partial charge in [0.15, 0.2) is 0 Å². The van der Waals surface area contributed by atoms with Gasteiger partial charge in [-0.25, -0.2) is 0 Å². The molecule has 0 radical (unpaired) electrons. The van der Waals surface area contributed by atoms with Crippen LogP contribution in [-0.4, -0.2) is 11.2 Å². The number of anilines is 1. The molecule has 2 heterocycles. The molecule has 1 aliphatic heterocycles. The van der Waals surface area contributed by atoms with Crippen LogP contribution in [0.1, 0.15) is 12.5 Å². The first-order valence-corrected chi connectivity index (χ1v) is 3.67. The van der Waals surface area contributed by atoms with E-state index in [1.54, 1.807) is 6.20 Å². The van der Waals surface area contributed by atoms with E-state index in [2.05, 4.69) is 10.3 Å². The zero-order chi connectivity index (χ0) is 7.68. The summed E-state index contributed by atoms with van der Waals surface area (Å²) in [5, 5.41) is 3.20. The molecule has 0 spiro atoms. The molecule has 0 saturated heterocycles. The molecule has 1 aromatic rings. The van der Waals surface area contributed by atoms with E-state index in [1.165, 1.54) is 0 Å². The lowest BCUT2D eigenvalue weighted by Gasteiger charge is -2.23. The molecule has 2 rings (SSSR count). The average molecular weight is 150 g/mol. The van der Waals surface area contributed by atoms with Gasteiger partial charge in [-0.1, -0.05) is 0 Å². The average Bonchev–Trinajstić information content (AvgIpc) is 2.04. The Morgan fingerprint density at radius 1 is 1.73 bits per heavy atom. The van der Waals surface area contributed by atoms with Gasteiger partial charge in [-0.05, 0) is 13.0 Å². The highest BCUT2D eigenvalue weighted by molar-refractivity contribution is 5.50. The van der Waals surface area contributed by atoms with Crippen molar-refractivity contribution in [1.29, 1.82) is 0 Å². The lowest BCUT2D eigenvalue weighted by molar-refractivity contribution is 0.0634. The fourth-order valence-corrected chi connectivity index (χ4v) is 1.16. The normalized spacial score (nSPS) is 22.1. The summed E-state index contributed by atoms with van der Waals surface area (Å²) in [5.41, 5.74) is 2.27. The summed E-state index contributed by atoms with van der Waals surface area (Å²) in [4.78, 5) is 4.00. The van der Waals surface area contributed by atoms with E-state index in [1.807, 2.05) is 19.2 Å². The topological polar surface area (TPSA) is 34.2 Å². The quantitative estimate of drug-likeness (QED) is 0.606. The van der Waals surface area contributed by atoms with Crippen molar-refractivity contribution in [3.8, 4) is 0 Å². The zero-order valence-electron chi connectivity index (χ0n) is 6.37. The van der Waals surface area contributed by atoms with Crippen LogP contribution in [0.25, 0.3) is 0 Å². The molecule has 0 amide bonds. The highest BCUT2D eigenvalue weighted by Crippen LogP contribution is 2.20. The van der Waals surface area contributed by atoms with Crippen LogP contribution in [0.3, 0.4) is 0 Å². The van der Waals surface area contributed by atoms with Crippen LogP contribution in [-0.2, 0) is 11.3 Å². The van der Waals surface area contributed by atoms with Crippen LogP contribution in [0, 0.1) is 0 Å². The number of hydrogen-bond donors (Lipinski definition) is 1. The Hall–Kier alpha value is -1.09. The molecular weight excluding hydrogens is 140 g/mol. The minimum Gasteiger partial charge on any atom is -0.360 e. The van der Waals surface area contributed by atoms with Gasteiger partial charge in [0, 0.05) is 23.6 Å². The Balaban J connectivity index is 2.34. The highest BCUT2D eigenvalue weighted by atomic mass is 16.5. The summed E-state index contributed by atoms with van der Waals surface area (Å²) >= 11 is 0. The Kier molecular flexibility index (Phi) is 1.51. The molecule has 0 aliphatic carbocycles. The minimum atomic E-state index is 0.116. The van der Waals surface area contributed by atoms with Gasteiger partial charge < -0.3 is 10.1 Å². The molecule has 58 valence electrons. The van der Waals surface area contributed by atoms with E-state index < -0.39 is 0 Å². The molecule has 0 bridgehead atoms. The van der Waals surface area contributed by atoms with Gasteiger partial charge in [-0.2, -0.15) is 0 Å². The monoisotopic (exact) mass is 150 g/mol. The number of nitrogens with one attached hydrogen (secondary N) is 1. The maximum absolute atomic E-state index is 5.35. The molecule has 0 aromatic carbocycles. The first-order chi connectivity index (χ1) is 5.36. The third-order valence-corrected chi connectivity index (χ3v) is 1.75. The third-order valence-electron chi connectivity index (χ3n) is 1.75. The molecule has 0 saturated carbocycles. The summed E-state index contributed by atoms with van der Waals surface area (Å²) in [6.45, 7) is 2.65. The number of ether oxygens (including phenoxy) is 1. The molecule has 1 aliphatic rings. The molecule has 1 N–H and O–H groups in total. The summed E-state index contributed by atoms with van der Waals surface area (Å²) in [6.07, 6.45) is 3.72. The van der Waals surface area contributed by atoms with Crippen molar-refractivity contribution in [2.75, 3.05) is 5.32 Å². The molecule has 0 fully saturated rings. The van der Waals surface area contributed by atoms with E-state index in [-0.39, 0.29) is 6.23 Å². The largest absolute Gasteiger partial charge is 0.360 e. The van der Waals surface area contributed by atoms with Crippen LogP contribution < -0.4 is 5.32 Å². The first-order valence-electron chi connectivity index (χ1n) is 3.67. The van der Waals surface area contributed by atoms with E-state index >= 15 is 0 Å². The van der Waals surface area contributed by atoms with Crippen molar-refractivity contribution < 1.29 is 4.74 Å². The molecule has 3 heteroatoms. The number of pyridine rings is 1. The van der Waals surface area contributed by atoms with Crippen molar-refractivity contribution in [3.63, 3.8) is 0 Å². The number of rotatable bonds is 0. The summed E-state index contributed by atoms with van der Waals surface area (Å²) in [7, 11) is 0. The van der Waals surface area contributed by atoms with Gasteiger partial charge in [0.25, 0.3) is 0 Å². The van der Waals surface area contributed by atoms with Crippen LogP contribution in [0.4, 0.5) is 5.69 Å². The van der Waals surface area contributed by atoms with E-state index in [0.29, 0.717) is 6.61 Å². The van der Waals surface area contributed by atoms with Crippen molar-refractivity contribution in [3.05, 3.63) is 24.0 Å². The van der Waals surface area contributed by atoms with Gasteiger partial charge in [0.2, 0.25) is 0 Å². The molecule has 11 heavy (non-hydrogen) atoms. The lowest BCUT2D eigenvalue weighted by Crippen LogP contribution is -2.24. The molecule has 1 aromatic heterocycles. The summed E-state index contributed by atoms with van der Waals surface area (Å²) in [6, 6.07) is 1.97. The minimum absolute atomic E-state index is 0.116. The fraction of sp³-hybridized carbons (Fsp3) is 0.375. The lowest BCUT2D eigenvalue weighted by atomic mass is 10.2. The maximum atomic E-state index is 5.35. The summed E-state index contributed by atoms with van der Waals surface area (Å²) in [5.74, 6) is 0. The Bertz CT molecular complexity index is 262. The van der Waals surface area contributed by atoms with Crippen molar-refractivity contribution in [2.24, 2.45) is 0 Å². The van der Waals surface area contributed by atoms with Gasteiger partial charge in [-0.15, -0.1) is 0 Å². The first kappa shape index (κ1) is 6.61. The Labute approximate surface area is 65.4 Å². The zero-order valence-corrected chi connectivity index (χ0v) is 6.37. The van der Waals surface area contributed by atoms with E-state index in [4.69, 9.17) is 4.74 Å². The second-order valence-electron chi connectivity index (χ2n) is 2.63. The van der Waals surface area contributed by atoms with Gasteiger partial charge in [0.1, 0.15) is 6.23 Å². The number of hydrogen-bond acceptors (Lipinski definition) is 3. The number of aromatic nitrogens is 1. The molecule has 0 unspecified atom stereocenters. The maximum Gasteiger partial charge on any atom is 0.125 e. The number of fused-ring (bicyclic) bond motifs is 1. The van der Waals surface area contributed by atoms with Crippen molar-refractivity contribution in [1.82, 2.24) is 4.98 Å². The molecular formula is C8H10N2O. The predicted molar refractivity (Wildman–Crippen MR) is 42.1 cm³/mol. The van der Waals surface area contributed by atoms with Crippen molar-refractivity contribution >= 4 is 5.69 Å². The smallest absolute Gasteiger partial charge is 0.125 e. The van der Waals surface area contributed by atoms with Crippen molar-refractivity contribution in [2.45, 2.75) is 19.8 Å². The van der Waals surface area contributed by atoms with E-state index in [9.17, 15) is 0 Å². The third kappa shape index (κ3) is 1.19. The second kappa shape index (κ2) is 2.51.